The fourth-order valence-corrected chi connectivity index (χ4v) is 2.66. The van der Waals surface area contributed by atoms with Crippen LogP contribution in [0.2, 0.25) is 0 Å². The minimum absolute atomic E-state index is 0.246. The number of esters is 1. The molecule has 1 aliphatic carbocycles. The lowest BCUT2D eigenvalue weighted by atomic mass is 9.79. The fraction of sp³-hybridized carbons (Fsp3) is 0.800. The third-order valence-electron chi connectivity index (χ3n) is 3.77. The average Bonchev–Trinajstić information content (AvgIpc) is 2.31. The van der Waals surface area contributed by atoms with Gasteiger partial charge in [0.2, 0.25) is 0 Å². The summed E-state index contributed by atoms with van der Waals surface area (Å²) in [5, 5.41) is 0. The maximum atomic E-state index is 11.2. The van der Waals surface area contributed by atoms with Gasteiger partial charge in [0.05, 0.1) is 6.61 Å². The molecule has 0 saturated heterocycles. The molecule has 0 unspecified atom stereocenters. The second-order valence-corrected chi connectivity index (χ2v) is 5.38. The van der Waals surface area contributed by atoms with E-state index in [0.29, 0.717) is 12.2 Å². The molecular weight excluding hydrogens is 212 g/mol. The Kier molecular flexibility index (Phi) is 6.31. The molecule has 2 nitrogen and oxygen atoms in total. The Hall–Kier alpha value is -0.790. The highest BCUT2D eigenvalue weighted by atomic mass is 16.5. The van der Waals surface area contributed by atoms with Crippen molar-refractivity contribution >= 4 is 5.97 Å². The molecule has 0 aromatic carbocycles. The minimum Gasteiger partial charge on any atom is -0.462 e. The van der Waals surface area contributed by atoms with Gasteiger partial charge in [0.15, 0.2) is 0 Å². The third kappa shape index (κ3) is 5.38. The van der Waals surface area contributed by atoms with E-state index in [1.165, 1.54) is 38.5 Å². The van der Waals surface area contributed by atoms with Gasteiger partial charge in [-0.25, -0.2) is 4.79 Å². The molecule has 0 heterocycles. The molecule has 0 amide bonds. The van der Waals surface area contributed by atoms with Crippen molar-refractivity contribution in [2.75, 3.05) is 6.61 Å². The van der Waals surface area contributed by atoms with E-state index in [9.17, 15) is 4.79 Å². The van der Waals surface area contributed by atoms with Crippen molar-refractivity contribution in [2.24, 2.45) is 11.8 Å². The highest BCUT2D eigenvalue weighted by Crippen LogP contribution is 2.33. The second kappa shape index (κ2) is 7.52. The number of rotatable bonds is 6. The van der Waals surface area contributed by atoms with E-state index in [0.717, 1.165) is 18.3 Å². The van der Waals surface area contributed by atoms with E-state index >= 15 is 0 Å². The molecule has 0 N–H and O–H groups in total. The summed E-state index contributed by atoms with van der Waals surface area (Å²) < 4.78 is 5.14. The van der Waals surface area contributed by atoms with Gasteiger partial charge in [-0.15, -0.1) is 0 Å². The molecule has 1 saturated carbocycles. The van der Waals surface area contributed by atoms with Crippen LogP contribution in [0.4, 0.5) is 0 Å². The smallest absolute Gasteiger partial charge is 0.333 e. The Morgan fingerprint density at radius 2 is 1.71 bits per heavy atom. The zero-order valence-electron chi connectivity index (χ0n) is 11.3. The number of ether oxygens (including phenoxy) is 1. The van der Waals surface area contributed by atoms with Gasteiger partial charge in [-0.3, -0.25) is 0 Å². The van der Waals surface area contributed by atoms with E-state index < -0.39 is 0 Å². The van der Waals surface area contributed by atoms with Gasteiger partial charge in [0.1, 0.15) is 0 Å². The highest BCUT2D eigenvalue weighted by molar-refractivity contribution is 5.86. The molecule has 0 spiro atoms. The zero-order valence-corrected chi connectivity index (χ0v) is 11.3. The molecule has 2 heteroatoms. The van der Waals surface area contributed by atoms with Crippen LogP contribution in [0, 0.1) is 11.8 Å². The highest BCUT2D eigenvalue weighted by Gasteiger charge is 2.20. The molecule has 17 heavy (non-hydrogen) atoms. The van der Waals surface area contributed by atoms with Crippen LogP contribution in [0.5, 0.6) is 0 Å². The van der Waals surface area contributed by atoms with Crippen LogP contribution in [0.3, 0.4) is 0 Å². The molecule has 0 atom stereocenters. The summed E-state index contributed by atoms with van der Waals surface area (Å²) in [7, 11) is 0. The molecule has 0 aromatic rings. The second-order valence-electron chi connectivity index (χ2n) is 5.38. The fourth-order valence-electron chi connectivity index (χ4n) is 2.66. The Morgan fingerprint density at radius 1 is 1.18 bits per heavy atom. The largest absolute Gasteiger partial charge is 0.462 e. The molecule has 0 aliphatic heterocycles. The molecular formula is C15H26O2. The lowest BCUT2D eigenvalue weighted by molar-refractivity contribution is -0.139. The SMILES string of the molecule is C=C(C)C(=O)OCCC1CCC(CCC)CC1. The average molecular weight is 238 g/mol. The molecule has 1 rings (SSSR count). The quantitative estimate of drug-likeness (QED) is 0.514. The number of hydrogen-bond acceptors (Lipinski definition) is 2. The summed E-state index contributed by atoms with van der Waals surface area (Å²) in [6, 6.07) is 0. The van der Waals surface area contributed by atoms with Crippen LogP contribution in [0.15, 0.2) is 12.2 Å². The van der Waals surface area contributed by atoms with Gasteiger partial charge in [0.25, 0.3) is 0 Å². The van der Waals surface area contributed by atoms with Crippen LogP contribution in [0.1, 0.15) is 58.8 Å². The number of carbonyl (C=O) groups is 1. The molecule has 1 fully saturated rings. The van der Waals surface area contributed by atoms with Crippen molar-refractivity contribution in [3.05, 3.63) is 12.2 Å². The Balaban J connectivity index is 2.10. The van der Waals surface area contributed by atoms with Gasteiger partial charge in [0, 0.05) is 5.57 Å². The topological polar surface area (TPSA) is 26.3 Å². The summed E-state index contributed by atoms with van der Waals surface area (Å²) >= 11 is 0. The lowest BCUT2D eigenvalue weighted by Gasteiger charge is -2.28. The van der Waals surface area contributed by atoms with Crippen LogP contribution in [0.25, 0.3) is 0 Å². The number of hydrogen-bond donors (Lipinski definition) is 0. The van der Waals surface area contributed by atoms with E-state index in [2.05, 4.69) is 13.5 Å². The normalized spacial score (nSPS) is 24.4. The molecule has 98 valence electrons. The third-order valence-corrected chi connectivity index (χ3v) is 3.77. The summed E-state index contributed by atoms with van der Waals surface area (Å²) in [6.07, 6.45) is 9.09. The Labute approximate surface area is 105 Å². The summed E-state index contributed by atoms with van der Waals surface area (Å²) in [5.74, 6) is 1.47. The van der Waals surface area contributed by atoms with Gasteiger partial charge in [-0.2, -0.15) is 0 Å². The van der Waals surface area contributed by atoms with Crippen LogP contribution >= 0.6 is 0 Å². The van der Waals surface area contributed by atoms with Crippen molar-refractivity contribution < 1.29 is 9.53 Å². The predicted molar refractivity (Wildman–Crippen MR) is 70.7 cm³/mol. The minimum atomic E-state index is -0.246. The first-order valence-corrected chi connectivity index (χ1v) is 6.96. The predicted octanol–water partition coefficient (Wildman–Crippen LogP) is 4.10. The summed E-state index contributed by atoms with van der Waals surface area (Å²) in [4.78, 5) is 11.2. The number of carbonyl (C=O) groups excluding carboxylic acids is 1. The van der Waals surface area contributed by atoms with E-state index in [1.807, 2.05) is 0 Å². The zero-order chi connectivity index (χ0) is 12.7. The first kappa shape index (κ1) is 14.3. The summed E-state index contributed by atoms with van der Waals surface area (Å²) in [6.45, 7) is 8.10. The molecule has 0 bridgehead atoms. The summed E-state index contributed by atoms with van der Waals surface area (Å²) in [5.41, 5.74) is 0.497. The van der Waals surface area contributed by atoms with E-state index in [1.54, 1.807) is 6.92 Å². The van der Waals surface area contributed by atoms with Gasteiger partial charge in [-0.1, -0.05) is 52.0 Å². The first-order valence-electron chi connectivity index (χ1n) is 6.96. The van der Waals surface area contributed by atoms with Crippen molar-refractivity contribution in [1.29, 1.82) is 0 Å². The molecule has 0 aromatic heterocycles. The van der Waals surface area contributed by atoms with E-state index in [-0.39, 0.29) is 5.97 Å². The lowest BCUT2D eigenvalue weighted by Crippen LogP contribution is -2.17. The Morgan fingerprint density at radius 3 is 2.18 bits per heavy atom. The van der Waals surface area contributed by atoms with Crippen LogP contribution < -0.4 is 0 Å². The van der Waals surface area contributed by atoms with Crippen molar-refractivity contribution in [2.45, 2.75) is 58.8 Å². The maximum Gasteiger partial charge on any atom is 0.333 e. The maximum absolute atomic E-state index is 11.2. The molecule has 0 radical (unpaired) electrons. The van der Waals surface area contributed by atoms with Crippen molar-refractivity contribution in [3.63, 3.8) is 0 Å². The van der Waals surface area contributed by atoms with Crippen molar-refractivity contribution in [3.8, 4) is 0 Å². The van der Waals surface area contributed by atoms with Crippen molar-refractivity contribution in [1.82, 2.24) is 0 Å². The van der Waals surface area contributed by atoms with Gasteiger partial charge in [-0.05, 0) is 25.2 Å². The van der Waals surface area contributed by atoms with Gasteiger partial charge >= 0.3 is 5.97 Å². The standard InChI is InChI=1S/C15H26O2/c1-4-5-13-6-8-14(9-7-13)10-11-17-15(16)12(2)3/h13-14H,2,4-11H2,1,3H3. The van der Waals surface area contributed by atoms with Gasteiger partial charge < -0.3 is 4.74 Å². The molecule has 1 aliphatic rings. The first-order chi connectivity index (χ1) is 8.13. The van der Waals surface area contributed by atoms with Crippen LogP contribution in [-0.2, 0) is 9.53 Å². The van der Waals surface area contributed by atoms with Crippen LogP contribution in [-0.4, -0.2) is 12.6 Å². The Bertz CT molecular complexity index is 250. The monoisotopic (exact) mass is 238 g/mol. The van der Waals surface area contributed by atoms with E-state index in [4.69, 9.17) is 4.74 Å².